The lowest BCUT2D eigenvalue weighted by Gasteiger charge is -2.06. The summed E-state index contributed by atoms with van der Waals surface area (Å²) >= 11 is 0. The van der Waals surface area contributed by atoms with Crippen LogP contribution in [0.25, 0.3) is 11.3 Å². The zero-order chi connectivity index (χ0) is 11.5. The van der Waals surface area contributed by atoms with Crippen molar-refractivity contribution in [2.24, 2.45) is 0 Å². The Kier molecular flexibility index (Phi) is 2.86. The van der Waals surface area contributed by atoms with E-state index < -0.39 is 0 Å². The third kappa shape index (κ3) is 1.89. The average Bonchev–Trinajstić information content (AvgIpc) is 2.29. The van der Waals surface area contributed by atoms with Gasteiger partial charge in [0, 0.05) is 11.1 Å². The Bertz CT molecular complexity index is 544. The van der Waals surface area contributed by atoms with Gasteiger partial charge in [0.25, 0.3) is 5.56 Å². The zero-order valence-electron chi connectivity index (χ0n) is 9.45. The summed E-state index contributed by atoms with van der Waals surface area (Å²) in [6.45, 7) is 3.77. The Balaban J connectivity index is 2.69. The molecule has 0 spiro atoms. The number of H-pyrrole nitrogens is 1. The van der Waals surface area contributed by atoms with Crippen LogP contribution in [0.1, 0.15) is 18.3 Å². The lowest BCUT2D eigenvalue weighted by molar-refractivity contribution is 0.959. The van der Waals surface area contributed by atoms with Gasteiger partial charge in [0.2, 0.25) is 0 Å². The van der Waals surface area contributed by atoms with E-state index >= 15 is 0 Å². The first-order chi connectivity index (χ1) is 7.72. The fraction of sp³-hybridized carbons (Fsp3) is 0.231. The molecule has 0 aliphatic rings. The van der Waals surface area contributed by atoms with Gasteiger partial charge in [0.15, 0.2) is 0 Å². The monoisotopic (exact) mass is 214 g/mol. The summed E-state index contributed by atoms with van der Waals surface area (Å²) in [5, 5.41) is 0. The number of aromatic amines is 1. The van der Waals surface area contributed by atoms with E-state index in [0.29, 0.717) is 12.2 Å². The Morgan fingerprint density at radius 2 is 1.94 bits per heavy atom. The minimum absolute atomic E-state index is 0.0335. The maximum Gasteiger partial charge on any atom is 0.254 e. The number of hydrogen-bond donors (Lipinski definition) is 1. The SMILES string of the molecule is CCc1c(-c2ccccc2)nc(C)[nH]c1=O. The fourth-order valence-corrected chi connectivity index (χ4v) is 1.77. The molecule has 1 aromatic heterocycles. The van der Waals surface area contributed by atoms with Gasteiger partial charge >= 0.3 is 0 Å². The average molecular weight is 214 g/mol. The highest BCUT2D eigenvalue weighted by molar-refractivity contribution is 5.62. The van der Waals surface area contributed by atoms with Crippen molar-refractivity contribution in [1.29, 1.82) is 0 Å². The molecule has 1 heterocycles. The Hall–Kier alpha value is -1.90. The van der Waals surface area contributed by atoms with Crippen LogP contribution in [0.5, 0.6) is 0 Å². The number of benzene rings is 1. The molecular formula is C13H14N2O. The van der Waals surface area contributed by atoms with Crippen LogP contribution in [-0.2, 0) is 6.42 Å². The zero-order valence-corrected chi connectivity index (χ0v) is 9.45. The third-order valence-corrected chi connectivity index (χ3v) is 2.53. The van der Waals surface area contributed by atoms with E-state index in [4.69, 9.17) is 0 Å². The van der Waals surface area contributed by atoms with Gasteiger partial charge in [-0.2, -0.15) is 0 Å². The highest BCUT2D eigenvalue weighted by Crippen LogP contribution is 2.18. The van der Waals surface area contributed by atoms with Crippen LogP contribution in [0, 0.1) is 6.92 Å². The van der Waals surface area contributed by atoms with Gasteiger partial charge in [0.1, 0.15) is 5.82 Å². The molecule has 16 heavy (non-hydrogen) atoms. The highest BCUT2D eigenvalue weighted by atomic mass is 16.1. The molecule has 0 unspecified atom stereocenters. The molecule has 1 aromatic carbocycles. The number of nitrogens with one attached hydrogen (secondary N) is 1. The van der Waals surface area contributed by atoms with E-state index in [2.05, 4.69) is 9.97 Å². The molecule has 1 N–H and O–H groups in total. The molecule has 2 aromatic rings. The van der Waals surface area contributed by atoms with Crippen LogP contribution in [0.3, 0.4) is 0 Å². The summed E-state index contributed by atoms with van der Waals surface area (Å²) in [6.07, 6.45) is 0.687. The molecule has 82 valence electrons. The van der Waals surface area contributed by atoms with Gasteiger partial charge in [-0.1, -0.05) is 37.3 Å². The van der Waals surface area contributed by atoms with E-state index in [1.807, 2.05) is 37.3 Å². The highest BCUT2D eigenvalue weighted by Gasteiger charge is 2.09. The quantitative estimate of drug-likeness (QED) is 0.833. The molecule has 0 bridgehead atoms. The molecule has 3 heteroatoms. The van der Waals surface area contributed by atoms with Crippen LogP contribution in [0.2, 0.25) is 0 Å². The molecule has 0 aliphatic heterocycles. The molecule has 2 rings (SSSR count). The second kappa shape index (κ2) is 4.31. The predicted molar refractivity (Wildman–Crippen MR) is 64.4 cm³/mol. The second-order valence-corrected chi connectivity index (χ2v) is 3.70. The number of rotatable bonds is 2. The van der Waals surface area contributed by atoms with E-state index in [0.717, 1.165) is 16.8 Å². The number of aryl methyl sites for hydroxylation is 1. The topological polar surface area (TPSA) is 45.8 Å². The van der Waals surface area contributed by atoms with Crippen molar-refractivity contribution in [3.63, 3.8) is 0 Å². The van der Waals surface area contributed by atoms with Gasteiger partial charge in [-0.05, 0) is 13.3 Å². The van der Waals surface area contributed by atoms with E-state index in [1.165, 1.54) is 0 Å². The van der Waals surface area contributed by atoms with Gasteiger partial charge in [0.05, 0.1) is 5.69 Å². The Morgan fingerprint density at radius 3 is 2.56 bits per heavy atom. The standard InChI is InChI=1S/C13H14N2O/c1-3-11-12(10-7-5-4-6-8-10)14-9(2)15-13(11)16/h4-8H,3H2,1-2H3,(H,14,15,16). The van der Waals surface area contributed by atoms with Gasteiger partial charge < -0.3 is 4.98 Å². The first-order valence-electron chi connectivity index (χ1n) is 5.37. The lowest BCUT2D eigenvalue weighted by Crippen LogP contribution is -2.16. The minimum atomic E-state index is -0.0335. The van der Waals surface area contributed by atoms with Crippen molar-refractivity contribution < 1.29 is 0 Å². The molecular weight excluding hydrogens is 200 g/mol. The maximum absolute atomic E-state index is 11.8. The molecule has 0 radical (unpaired) electrons. The molecule has 3 nitrogen and oxygen atoms in total. The van der Waals surface area contributed by atoms with Gasteiger partial charge in [-0.15, -0.1) is 0 Å². The molecule has 0 aliphatic carbocycles. The van der Waals surface area contributed by atoms with Gasteiger partial charge in [-0.25, -0.2) is 4.98 Å². The van der Waals surface area contributed by atoms with Gasteiger partial charge in [-0.3, -0.25) is 4.79 Å². The molecule has 0 saturated heterocycles. The fourth-order valence-electron chi connectivity index (χ4n) is 1.77. The minimum Gasteiger partial charge on any atom is -0.311 e. The first kappa shape index (κ1) is 10.6. The van der Waals surface area contributed by atoms with E-state index in [9.17, 15) is 4.79 Å². The third-order valence-electron chi connectivity index (χ3n) is 2.53. The Morgan fingerprint density at radius 1 is 1.25 bits per heavy atom. The molecule has 0 fully saturated rings. The largest absolute Gasteiger partial charge is 0.311 e. The van der Waals surface area contributed by atoms with E-state index in [1.54, 1.807) is 6.92 Å². The van der Waals surface area contributed by atoms with Crippen molar-refractivity contribution in [2.45, 2.75) is 20.3 Å². The molecule has 0 atom stereocenters. The summed E-state index contributed by atoms with van der Waals surface area (Å²) in [5.74, 6) is 0.654. The maximum atomic E-state index is 11.8. The summed E-state index contributed by atoms with van der Waals surface area (Å²) < 4.78 is 0. The second-order valence-electron chi connectivity index (χ2n) is 3.70. The summed E-state index contributed by atoms with van der Waals surface area (Å²) in [4.78, 5) is 18.9. The molecule has 0 saturated carbocycles. The predicted octanol–water partition coefficient (Wildman–Crippen LogP) is 2.31. The number of aromatic nitrogens is 2. The van der Waals surface area contributed by atoms with Crippen molar-refractivity contribution in [2.75, 3.05) is 0 Å². The van der Waals surface area contributed by atoms with Crippen molar-refractivity contribution in [1.82, 2.24) is 9.97 Å². The van der Waals surface area contributed by atoms with Crippen molar-refractivity contribution in [3.05, 3.63) is 52.1 Å². The summed E-state index contributed by atoms with van der Waals surface area (Å²) in [6, 6.07) is 9.80. The normalized spacial score (nSPS) is 10.4. The van der Waals surface area contributed by atoms with Crippen LogP contribution in [-0.4, -0.2) is 9.97 Å². The Labute approximate surface area is 94.2 Å². The number of hydrogen-bond acceptors (Lipinski definition) is 2. The van der Waals surface area contributed by atoms with Crippen molar-refractivity contribution in [3.8, 4) is 11.3 Å². The van der Waals surface area contributed by atoms with Crippen LogP contribution in [0.15, 0.2) is 35.1 Å². The molecule has 0 amide bonds. The summed E-state index contributed by atoms with van der Waals surface area (Å²) in [5.41, 5.74) is 2.50. The lowest BCUT2D eigenvalue weighted by atomic mass is 10.1. The summed E-state index contributed by atoms with van der Waals surface area (Å²) in [7, 11) is 0. The first-order valence-corrected chi connectivity index (χ1v) is 5.37. The van der Waals surface area contributed by atoms with Crippen LogP contribution in [0.4, 0.5) is 0 Å². The number of nitrogens with zero attached hydrogens (tertiary/aromatic N) is 1. The van der Waals surface area contributed by atoms with Crippen LogP contribution < -0.4 is 5.56 Å². The smallest absolute Gasteiger partial charge is 0.254 e. The van der Waals surface area contributed by atoms with Crippen molar-refractivity contribution >= 4 is 0 Å². The van der Waals surface area contributed by atoms with Crippen LogP contribution >= 0.6 is 0 Å². The van der Waals surface area contributed by atoms with E-state index in [-0.39, 0.29) is 5.56 Å².